The van der Waals surface area contributed by atoms with Gasteiger partial charge in [0, 0.05) is 18.6 Å². The maximum absolute atomic E-state index is 12.2. The molecule has 2 heterocycles. The van der Waals surface area contributed by atoms with Crippen molar-refractivity contribution in [3.05, 3.63) is 28.6 Å². The van der Waals surface area contributed by atoms with Gasteiger partial charge in [0.2, 0.25) is 0 Å². The Kier molecular flexibility index (Phi) is 5.19. The molecule has 112 valence electrons. The molecule has 0 unspecified atom stereocenters. The lowest BCUT2D eigenvalue weighted by Crippen LogP contribution is -2.29. The molecule has 0 bridgehead atoms. The van der Waals surface area contributed by atoms with Crippen LogP contribution in [0.3, 0.4) is 0 Å². The molecule has 0 saturated carbocycles. The number of thiocarbonyl (C=S) groups is 1. The standard InChI is InChI=1S/C14H15NO4S2/c1-9-5-6-10(19-9)8-11-13(18)15(14(20)21-11)7-3-2-4-12(16)17/h5-6,8H,2-4,7H2,1H3,(H,16,17)/p-1/b11-8-. The van der Waals surface area contributed by atoms with Gasteiger partial charge in [-0.1, -0.05) is 24.0 Å². The topological polar surface area (TPSA) is 73.6 Å². The van der Waals surface area contributed by atoms with Gasteiger partial charge in [-0.15, -0.1) is 0 Å². The van der Waals surface area contributed by atoms with Gasteiger partial charge in [0.05, 0.1) is 4.91 Å². The number of carboxylic acids is 1. The molecule has 0 atom stereocenters. The highest BCUT2D eigenvalue weighted by atomic mass is 32.2. The highest BCUT2D eigenvalue weighted by Gasteiger charge is 2.31. The van der Waals surface area contributed by atoms with Gasteiger partial charge in [-0.05, 0) is 38.3 Å². The van der Waals surface area contributed by atoms with E-state index < -0.39 is 5.97 Å². The van der Waals surface area contributed by atoms with Crippen molar-refractivity contribution in [3.63, 3.8) is 0 Å². The van der Waals surface area contributed by atoms with Crippen molar-refractivity contribution in [2.45, 2.75) is 26.2 Å². The first-order valence-corrected chi connectivity index (χ1v) is 7.71. The average Bonchev–Trinajstić information content (AvgIpc) is 2.92. The van der Waals surface area contributed by atoms with E-state index in [1.807, 2.05) is 13.0 Å². The number of nitrogens with zero attached hydrogens (tertiary/aromatic N) is 1. The summed E-state index contributed by atoms with van der Waals surface area (Å²) in [6.45, 7) is 2.26. The van der Waals surface area contributed by atoms with E-state index in [1.54, 1.807) is 12.1 Å². The Labute approximate surface area is 132 Å². The van der Waals surface area contributed by atoms with Crippen molar-refractivity contribution in [1.29, 1.82) is 0 Å². The highest BCUT2D eigenvalue weighted by Crippen LogP contribution is 2.32. The number of aliphatic carboxylic acids is 1. The molecule has 1 aromatic rings. The van der Waals surface area contributed by atoms with Crippen LogP contribution in [0.4, 0.5) is 0 Å². The zero-order valence-corrected chi connectivity index (χ0v) is 13.1. The Hall–Kier alpha value is -1.60. The highest BCUT2D eigenvalue weighted by molar-refractivity contribution is 8.26. The number of aryl methyl sites for hydroxylation is 1. The fraction of sp³-hybridized carbons (Fsp3) is 0.357. The van der Waals surface area contributed by atoms with Gasteiger partial charge in [-0.25, -0.2) is 0 Å². The van der Waals surface area contributed by atoms with Crippen LogP contribution in [0.1, 0.15) is 30.8 Å². The van der Waals surface area contributed by atoms with Crippen LogP contribution in [0, 0.1) is 6.92 Å². The second-order valence-electron chi connectivity index (χ2n) is 4.61. The summed E-state index contributed by atoms with van der Waals surface area (Å²) in [5.41, 5.74) is 0. The molecule has 0 aliphatic carbocycles. The Morgan fingerprint density at radius 2 is 2.24 bits per heavy atom. The summed E-state index contributed by atoms with van der Waals surface area (Å²) in [7, 11) is 0. The minimum Gasteiger partial charge on any atom is -0.550 e. The summed E-state index contributed by atoms with van der Waals surface area (Å²) in [4.78, 5) is 24.6. The lowest BCUT2D eigenvalue weighted by atomic mass is 10.2. The summed E-state index contributed by atoms with van der Waals surface area (Å²) in [5, 5.41) is 10.3. The van der Waals surface area contributed by atoms with Crippen LogP contribution in [0.25, 0.3) is 6.08 Å². The van der Waals surface area contributed by atoms with Gasteiger partial charge in [-0.3, -0.25) is 9.69 Å². The molecule has 1 aliphatic heterocycles. The number of unbranched alkanes of at least 4 members (excludes halogenated alkanes) is 1. The van der Waals surface area contributed by atoms with E-state index in [2.05, 4.69) is 0 Å². The van der Waals surface area contributed by atoms with Gasteiger partial charge >= 0.3 is 0 Å². The SMILES string of the molecule is Cc1ccc(/C=C2\SC(=S)N(CCCCC(=O)[O-])C2=O)o1. The molecule has 0 radical (unpaired) electrons. The van der Waals surface area contributed by atoms with E-state index in [1.165, 1.54) is 16.7 Å². The van der Waals surface area contributed by atoms with Gasteiger partial charge in [-0.2, -0.15) is 0 Å². The third-order valence-corrected chi connectivity index (χ3v) is 4.30. The van der Waals surface area contributed by atoms with Crippen LogP contribution < -0.4 is 5.11 Å². The fourth-order valence-corrected chi connectivity index (χ4v) is 3.18. The number of hydrogen-bond acceptors (Lipinski definition) is 6. The average molecular weight is 324 g/mol. The first kappa shape index (κ1) is 15.8. The molecule has 1 fully saturated rings. The van der Waals surface area contributed by atoms with Crippen LogP contribution in [0.5, 0.6) is 0 Å². The second-order valence-corrected chi connectivity index (χ2v) is 6.29. The van der Waals surface area contributed by atoms with Crippen LogP contribution in [0.2, 0.25) is 0 Å². The summed E-state index contributed by atoms with van der Waals surface area (Å²) in [5.74, 6) is 0.157. The summed E-state index contributed by atoms with van der Waals surface area (Å²) >= 11 is 6.42. The van der Waals surface area contributed by atoms with Gasteiger partial charge in [0.25, 0.3) is 5.91 Å². The number of furan rings is 1. The monoisotopic (exact) mass is 324 g/mol. The molecule has 7 heteroatoms. The van der Waals surface area contributed by atoms with Crippen LogP contribution in [0.15, 0.2) is 21.5 Å². The van der Waals surface area contributed by atoms with Gasteiger partial charge < -0.3 is 14.3 Å². The van der Waals surface area contributed by atoms with Crippen LogP contribution in [-0.4, -0.2) is 27.6 Å². The number of carbonyl (C=O) groups excluding carboxylic acids is 2. The van der Waals surface area contributed by atoms with Gasteiger partial charge in [0.1, 0.15) is 15.8 Å². The minimum absolute atomic E-state index is 0.00367. The molecule has 1 amide bonds. The van der Waals surface area contributed by atoms with E-state index in [4.69, 9.17) is 16.6 Å². The second kappa shape index (κ2) is 6.91. The zero-order valence-electron chi connectivity index (χ0n) is 11.5. The van der Waals surface area contributed by atoms with Crippen molar-refractivity contribution >= 4 is 46.3 Å². The number of carboxylic acid groups (broad SMARTS) is 1. The van der Waals surface area contributed by atoms with Crippen molar-refractivity contribution in [2.75, 3.05) is 6.54 Å². The Bertz CT molecular complexity index is 606. The number of hydrogen-bond donors (Lipinski definition) is 0. The van der Waals surface area contributed by atoms with E-state index in [0.29, 0.717) is 34.4 Å². The molecule has 2 rings (SSSR count). The third-order valence-electron chi connectivity index (χ3n) is 2.92. The number of thioether (sulfide) groups is 1. The van der Waals surface area contributed by atoms with Crippen molar-refractivity contribution in [1.82, 2.24) is 4.90 Å². The first-order chi connectivity index (χ1) is 9.97. The summed E-state index contributed by atoms with van der Waals surface area (Å²) < 4.78 is 5.90. The van der Waals surface area contributed by atoms with Crippen LogP contribution in [-0.2, 0) is 9.59 Å². The predicted molar refractivity (Wildman–Crippen MR) is 82.2 cm³/mol. The lowest BCUT2D eigenvalue weighted by molar-refractivity contribution is -0.305. The van der Waals surface area contributed by atoms with Crippen molar-refractivity contribution < 1.29 is 19.1 Å². The molecule has 5 nitrogen and oxygen atoms in total. The molecule has 1 aliphatic rings. The van der Waals surface area contributed by atoms with E-state index >= 15 is 0 Å². The maximum atomic E-state index is 12.2. The minimum atomic E-state index is -1.08. The molecule has 1 saturated heterocycles. The molecule has 0 N–H and O–H groups in total. The van der Waals surface area contributed by atoms with Crippen LogP contribution >= 0.6 is 24.0 Å². The van der Waals surface area contributed by atoms with E-state index in [-0.39, 0.29) is 12.3 Å². The largest absolute Gasteiger partial charge is 0.550 e. The Morgan fingerprint density at radius 3 is 2.86 bits per heavy atom. The number of amides is 1. The summed E-state index contributed by atoms with van der Waals surface area (Å²) in [6.07, 6.45) is 2.72. The predicted octanol–water partition coefficient (Wildman–Crippen LogP) is 1.71. The quantitative estimate of drug-likeness (QED) is 0.450. The number of carbonyl (C=O) groups is 2. The molecule has 0 aromatic carbocycles. The Balaban J connectivity index is 1.96. The van der Waals surface area contributed by atoms with Gasteiger partial charge in [0.15, 0.2) is 0 Å². The molecular weight excluding hydrogens is 310 g/mol. The first-order valence-electron chi connectivity index (χ1n) is 6.49. The van der Waals surface area contributed by atoms with Crippen molar-refractivity contribution in [3.8, 4) is 0 Å². The van der Waals surface area contributed by atoms with E-state index in [0.717, 1.165) is 5.76 Å². The third kappa shape index (κ3) is 4.18. The molecule has 0 spiro atoms. The molecule has 1 aromatic heterocycles. The molecule has 21 heavy (non-hydrogen) atoms. The lowest BCUT2D eigenvalue weighted by Gasteiger charge is -2.14. The Morgan fingerprint density at radius 1 is 1.48 bits per heavy atom. The maximum Gasteiger partial charge on any atom is 0.266 e. The van der Waals surface area contributed by atoms with E-state index in [9.17, 15) is 14.7 Å². The number of rotatable bonds is 6. The fourth-order valence-electron chi connectivity index (χ4n) is 1.89. The smallest absolute Gasteiger partial charge is 0.266 e. The summed E-state index contributed by atoms with van der Waals surface area (Å²) in [6, 6.07) is 3.62. The zero-order chi connectivity index (χ0) is 15.4. The molecular formula is C14H14NO4S2-. The normalized spacial score (nSPS) is 17.0. The van der Waals surface area contributed by atoms with Crippen molar-refractivity contribution in [2.24, 2.45) is 0 Å².